The molecule has 3 N–H and O–H groups in total. The molecule has 0 bridgehead atoms. The Morgan fingerprint density at radius 2 is 1.65 bits per heavy atom. The summed E-state index contributed by atoms with van der Waals surface area (Å²) in [4.78, 5) is 25.6. The lowest BCUT2D eigenvalue weighted by atomic mass is 9.86. The molecule has 1 rings (SSSR count). The van der Waals surface area contributed by atoms with E-state index in [9.17, 15) is 14.7 Å². The smallest absolute Gasteiger partial charge is 0.317 e. The van der Waals surface area contributed by atoms with E-state index in [0.29, 0.717) is 5.92 Å². The van der Waals surface area contributed by atoms with Crippen LogP contribution in [0.15, 0.2) is 24.3 Å². The lowest BCUT2D eigenvalue weighted by Crippen LogP contribution is -2.50. The van der Waals surface area contributed by atoms with E-state index in [1.807, 2.05) is 24.3 Å². The number of benzene rings is 1. The van der Waals surface area contributed by atoms with E-state index in [1.54, 1.807) is 25.9 Å². The molecule has 0 saturated heterocycles. The van der Waals surface area contributed by atoms with Gasteiger partial charge in [0.2, 0.25) is 0 Å². The van der Waals surface area contributed by atoms with E-state index in [4.69, 9.17) is 5.73 Å². The highest BCUT2D eigenvalue weighted by atomic mass is 16.4. The molecule has 0 aliphatic carbocycles. The van der Waals surface area contributed by atoms with Crippen LogP contribution in [0.2, 0.25) is 0 Å². The van der Waals surface area contributed by atoms with Crippen LogP contribution in [0, 0.1) is 11.8 Å². The molecule has 0 aromatic heterocycles. The van der Waals surface area contributed by atoms with Crippen molar-refractivity contribution in [1.29, 1.82) is 0 Å². The number of carboxylic acids is 1. The highest BCUT2D eigenvalue weighted by Gasteiger charge is 2.36. The largest absolute Gasteiger partial charge is 0.481 e. The Labute approximate surface area is 138 Å². The fourth-order valence-corrected chi connectivity index (χ4v) is 2.58. The number of hydrogen-bond acceptors (Lipinski definition) is 4. The summed E-state index contributed by atoms with van der Waals surface area (Å²) in [6.07, 6.45) is 0.133. The molecule has 0 radical (unpaired) electrons. The van der Waals surface area contributed by atoms with Crippen LogP contribution in [0.25, 0.3) is 0 Å². The molecule has 0 aliphatic rings. The van der Waals surface area contributed by atoms with Crippen molar-refractivity contribution < 1.29 is 14.7 Å². The first-order chi connectivity index (χ1) is 10.6. The van der Waals surface area contributed by atoms with Crippen molar-refractivity contribution in [2.45, 2.75) is 39.3 Å². The zero-order valence-electron chi connectivity index (χ0n) is 14.6. The first kappa shape index (κ1) is 19.3. The molecule has 0 saturated carbocycles. The molecule has 5 heteroatoms. The number of carbonyl (C=O) groups excluding carboxylic acids is 1. The molecule has 0 fully saturated rings. The normalized spacial score (nSPS) is 15.5. The Hall–Kier alpha value is -1.72. The van der Waals surface area contributed by atoms with Crippen molar-refractivity contribution in [3.8, 4) is 0 Å². The van der Waals surface area contributed by atoms with Gasteiger partial charge in [-0.2, -0.15) is 0 Å². The maximum atomic E-state index is 12.6. The second-order valence-corrected chi connectivity index (χ2v) is 6.73. The molecule has 23 heavy (non-hydrogen) atoms. The van der Waals surface area contributed by atoms with Crippen LogP contribution in [0.3, 0.4) is 0 Å². The average molecular weight is 320 g/mol. The van der Waals surface area contributed by atoms with E-state index in [2.05, 4.69) is 13.8 Å². The first-order valence-corrected chi connectivity index (χ1v) is 7.92. The van der Waals surface area contributed by atoms with Crippen molar-refractivity contribution in [3.63, 3.8) is 0 Å². The zero-order valence-corrected chi connectivity index (χ0v) is 14.6. The van der Waals surface area contributed by atoms with Gasteiger partial charge < -0.3 is 10.8 Å². The van der Waals surface area contributed by atoms with Crippen LogP contribution in [0.1, 0.15) is 37.8 Å². The van der Waals surface area contributed by atoms with Crippen molar-refractivity contribution in [1.82, 2.24) is 4.90 Å². The van der Waals surface area contributed by atoms with E-state index in [0.717, 1.165) is 12.0 Å². The van der Waals surface area contributed by atoms with Gasteiger partial charge in [-0.25, -0.2) is 0 Å². The van der Waals surface area contributed by atoms with Gasteiger partial charge >= 0.3 is 5.97 Å². The van der Waals surface area contributed by atoms with Gasteiger partial charge in [0, 0.05) is 5.92 Å². The third-order valence-corrected chi connectivity index (χ3v) is 4.06. The number of nitrogens with two attached hydrogens (primary N) is 1. The van der Waals surface area contributed by atoms with Gasteiger partial charge in [-0.3, -0.25) is 14.5 Å². The topological polar surface area (TPSA) is 83.6 Å². The molecular formula is C18H28N2O3. The highest BCUT2D eigenvalue weighted by molar-refractivity contribution is 6.02. The second kappa shape index (κ2) is 8.22. The SMILES string of the molecule is CC(C)Cc1ccc(C(C)C(=O)C(C(=O)O)C(N)N(C)C)cc1. The predicted molar refractivity (Wildman–Crippen MR) is 91.2 cm³/mol. The summed E-state index contributed by atoms with van der Waals surface area (Å²) >= 11 is 0. The highest BCUT2D eigenvalue weighted by Crippen LogP contribution is 2.23. The quantitative estimate of drug-likeness (QED) is 0.566. The fourth-order valence-electron chi connectivity index (χ4n) is 2.58. The molecule has 5 nitrogen and oxygen atoms in total. The number of nitrogens with zero attached hydrogens (tertiary/aromatic N) is 1. The third-order valence-electron chi connectivity index (χ3n) is 4.06. The van der Waals surface area contributed by atoms with Gasteiger partial charge in [-0.1, -0.05) is 45.0 Å². The molecular weight excluding hydrogens is 292 g/mol. The van der Waals surface area contributed by atoms with Crippen LogP contribution >= 0.6 is 0 Å². The van der Waals surface area contributed by atoms with Gasteiger partial charge in [-0.15, -0.1) is 0 Å². The Bertz CT molecular complexity index is 538. The summed E-state index contributed by atoms with van der Waals surface area (Å²) in [5, 5.41) is 9.37. The molecule has 128 valence electrons. The lowest BCUT2D eigenvalue weighted by molar-refractivity contribution is -0.149. The van der Waals surface area contributed by atoms with Crippen LogP contribution in [-0.2, 0) is 16.0 Å². The monoisotopic (exact) mass is 320 g/mol. The number of carboxylic acid groups (broad SMARTS) is 1. The maximum Gasteiger partial charge on any atom is 0.317 e. The molecule has 0 amide bonds. The summed E-state index contributed by atoms with van der Waals surface area (Å²) in [5.41, 5.74) is 7.91. The third kappa shape index (κ3) is 5.15. The average Bonchev–Trinajstić information content (AvgIpc) is 2.46. The number of rotatable bonds is 8. The number of ketones is 1. The lowest BCUT2D eigenvalue weighted by Gasteiger charge is -2.27. The van der Waals surface area contributed by atoms with Crippen LogP contribution < -0.4 is 5.73 Å². The maximum absolute atomic E-state index is 12.6. The van der Waals surface area contributed by atoms with Crippen molar-refractivity contribution in [2.75, 3.05) is 14.1 Å². The minimum absolute atomic E-state index is 0.365. The standard InChI is InChI=1S/C18H28N2O3/c1-11(2)10-13-6-8-14(9-7-13)12(3)16(21)15(18(22)23)17(19)20(4)5/h6-9,11-12,15,17H,10,19H2,1-5H3,(H,22,23). The molecule has 0 heterocycles. The number of aliphatic carboxylic acids is 1. The summed E-state index contributed by atoms with van der Waals surface area (Å²) in [6, 6.07) is 7.81. The van der Waals surface area contributed by atoms with Crippen molar-refractivity contribution >= 4 is 11.8 Å². The summed E-state index contributed by atoms with van der Waals surface area (Å²) in [7, 11) is 3.33. The van der Waals surface area contributed by atoms with E-state index in [-0.39, 0.29) is 5.78 Å². The van der Waals surface area contributed by atoms with Gasteiger partial charge in [0.1, 0.15) is 5.92 Å². The predicted octanol–water partition coefficient (Wildman–Crippen LogP) is 2.10. The molecule has 0 spiro atoms. The number of Topliss-reactive ketones (excluding diaryl/α,β-unsaturated/α-hetero) is 1. The molecule has 3 atom stereocenters. The van der Waals surface area contributed by atoms with Crippen LogP contribution in [0.5, 0.6) is 0 Å². The Balaban J connectivity index is 2.95. The fraction of sp³-hybridized carbons (Fsp3) is 0.556. The summed E-state index contributed by atoms with van der Waals surface area (Å²) < 4.78 is 0. The summed E-state index contributed by atoms with van der Waals surface area (Å²) in [6.45, 7) is 6.04. The Morgan fingerprint density at radius 1 is 1.13 bits per heavy atom. The van der Waals surface area contributed by atoms with Crippen LogP contribution in [0.4, 0.5) is 0 Å². The second-order valence-electron chi connectivity index (χ2n) is 6.73. The van der Waals surface area contributed by atoms with E-state index >= 15 is 0 Å². The molecule has 3 unspecified atom stereocenters. The van der Waals surface area contributed by atoms with Gasteiger partial charge in [0.25, 0.3) is 0 Å². The van der Waals surface area contributed by atoms with Crippen molar-refractivity contribution in [3.05, 3.63) is 35.4 Å². The number of hydrogen-bond donors (Lipinski definition) is 2. The Morgan fingerprint density at radius 3 is 2.04 bits per heavy atom. The zero-order chi connectivity index (χ0) is 17.7. The number of carbonyl (C=O) groups is 2. The minimum Gasteiger partial charge on any atom is -0.481 e. The minimum atomic E-state index is -1.24. The molecule has 0 aliphatic heterocycles. The van der Waals surface area contributed by atoms with E-state index in [1.165, 1.54) is 5.56 Å². The first-order valence-electron chi connectivity index (χ1n) is 7.92. The van der Waals surface area contributed by atoms with Crippen LogP contribution in [-0.4, -0.2) is 42.0 Å². The van der Waals surface area contributed by atoms with Gasteiger partial charge in [-0.05, 0) is 37.6 Å². The van der Waals surface area contributed by atoms with Gasteiger partial charge in [0.15, 0.2) is 5.78 Å². The molecule has 1 aromatic rings. The summed E-state index contributed by atoms with van der Waals surface area (Å²) in [5.74, 6) is -2.73. The van der Waals surface area contributed by atoms with E-state index < -0.39 is 24.0 Å². The van der Waals surface area contributed by atoms with Crippen molar-refractivity contribution in [2.24, 2.45) is 17.6 Å². The molecule has 1 aromatic carbocycles. The Kier molecular flexibility index (Phi) is 6.91. The van der Waals surface area contributed by atoms with Gasteiger partial charge in [0.05, 0.1) is 6.17 Å².